The lowest BCUT2D eigenvalue weighted by Gasteiger charge is -2.22. The van der Waals surface area contributed by atoms with Gasteiger partial charge in [-0.1, -0.05) is 41.1 Å². The van der Waals surface area contributed by atoms with Crippen molar-refractivity contribution in [2.75, 3.05) is 25.6 Å². The summed E-state index contributed by atoms with van der Waals surface area (Å²) in [6, 6.07) is 14.4. The van der Waals surface area contributed by atoms with E-state index < -0.39 is 0 Å². The number of hydrogen-bond acceptors (Lipinski definition) is 3. The molecule has 2 rings (SSSR count). The summed E-state index contributed by atoms with van der Waals surface area (Å²) in [6.07, 6.45) is 0. The number of ether oxygens (including phenoxy) is 1. The van der Waals surface area contributed by atoms with Gasteiger partial charge >= 0.3 is 0 Å². The molecule has 2 aromatic carbocycles. The van der Waals surface area contributed by atoms with Crippen LogP contribution in [0.1, 0.15) is 12.5 Å². The fourth-order valence-electron chi connectivity index (χ4n) is 2.19. The summed E-state index contributed by atoms with van der Waals surface area (Å²) in [7, 11) is 3.74. The molecule has 0 amide bonds. The normalized spacial score (nSPS) is 10.5. The van der Waals surface area contributed by atoms with Gasteiger partial charge in [0.15, 0.2) is 0 Å². The molecular formula is C17H21BrN2O. The zero-order chi connectivity index (χ0) is 15.2. The highest BCUT2D eigenvalue weighted by atomic mass is 79.9. The van der Waals surface area contributed by atoms with Gasteiger partial charge in [0, 0.05) is 23.8 Å². The van der Waals surface area contributed by atoms with Crippen LogP contribution in [0.4, 0.5) is 11.4 Å². The van der Waals surface area contributed by atoms with Crippen molar-refractivity contribution in [1.82, 2.24) is 5.32 Å². The second-order valence-corrected chi connectivity index (χ2v) is 5.64. The van der Waals surface area contributed by atoms with E-state index in [1.807, 2.05) is 25.2 Å². The number of anilines is 2. The van der Waals surface area contributed by atoms with Crippen molar-refractivity contribution in [3.05, 3.63) is 52.5 Å². The Morgan fingerprint density at radius 2 is 1.95 bits per heavy atom. The maximum absolute atomic E-state index is 5.43. The quantitative estimate of drug-likeness (QED) is 0.840. The topological polar surface area (TPSA) is 24.5 Å². The Bertz CT molecular complexity index is 601. The number of hydrogen-bond donors (Lipinski definition) is 1. The van der Waals surface area contributed by atoms with E-state index in [0.29, 0.717) is 0 Å². The Kier molecular flexibility index (Phi) is 5.65. The highest BCUT2D eigenvalue weighted by Crippen LogP contribution is 2.33. The minimum Gasteiger partial charge on any atom is -0.495 e. The van der Waals surface area contributed by atoms with E-state index in [1.165, 1.54) is 5.56 Å². The summed E-state index contributed by atoms with van der Waals surface area (Å²) in [5.41, 5.74) is 3.42. The molecule has 0 radical (unpaired) electrons. The molecule has 4 heteroatoms. The molecule has 112 valence electrons. The molecule has 0 aliphatic heterocycles. The Labute approximate surface area is 135 Å². The molecule has 3 nitrogen and oxygen atoms in total. The summed E-state index contributed by atoms with van der Waals surface area (Å²) < 4.78 is 6.55. The number of benzene rings is 2. The molecular weight excluding hydrogens is 328 g/mol. The van der Waals surface area contributed by atoms with Crippen LogP contribution in [-0.2, 0) is 6.54 Å². The second-order valence-electron chi connectivity index (χ2n) is 4.79. The number of rotatable bonds is 6. The van der Waals surface area contributed by atoms with Gasteiger partial charge in [-0.15, -0.1) is 0 Å². The highest BCUT2D eigenvalue weighted by Gasteiger charge is 2.10. The molecule has 21 heavy (non-hydrogen) atoms. The lowest BCUT2D eigenvalue weighted by atomic mass is 10.1. The van der Waals surface area contributed by atoms with Crippen molar-refractivity contribution in [3.8, 4) is 5.75 Å². The standard InChI is InChI=1S/C17H21BrN2O/c1-4-19-12-13-9-10-14(11-15(13)18)20(2)16-7-5-6-8-17(16)21-3/h5-11,19H,4,12H2,1-3H3. The Hall–Kier alpha value is -1.52. The predicted octanol–water partition coefficient (Wildman–Crippen LogP) is 4.34. The van der Waals surface area contributed by atoms with Crippen LogP contribution in [-0.4, -0.2) is 20.7 Å². The zero-order valence-corrected chi connectivity index (χ0v) is 14.3. The number of para-hydroxylation sites is 2. The lowest BCUT2D eigenvalue weighted by Crippen LogP contribution is -2.13. The van der Waals surface area contributed by atoms with E-state index in [9.17, 15) is 0 Å². The van der Waals surface area contributed by atoms with Gasteiger partial charge < -0.3 is 15.0 Å². The average molecular weight is 349 g/mol. The van der Waals surface area contributed by atoms with Gasteiger partial charge in [0.25, 0.3) is 0 Å². The van der Waals surface area contributed by atoms with Crippen LogP contribution in [0.25, 0.3) is 0 Å². The average Bonchev–Trinajstić information content (AvgIpc) is 2.53. The van der Waals surface area contributed by atoms with E-state index >= 15 is 0 Å². The first-order valence-electron chi connectivity index (χ1n) is 7.03. The van der Waals surface area contributed by atoms with E-state index in [0.717, 1.165) is 34.7 Å². The minimum atomic E-state index is 0.868. The molecule has 0 aliphatic rings. The molecule has 0 saturated heterocycles. The van der Waals surface area contributed by atoms with Crippen LogP contribution in [0.3, 0.4) is 0 Å². The van der Waals surface area contributed by atoms with Crippen molar-refractivity contribution < 1.29 is 4.74 Å². The predicted molar refractivity (Wildman–Crippen MR) is 92.6 cm³/mol. The smallest absolute Gasteiger partial charge is 0.142 e. The van der Waals surface area contributed by atoms with Crippen LogP contribution in [0.15, 0.2) is 46.9 Å². The molecule has 0 saturated carbocycles. The van der Waals surface area contributed by atoms with Crippen molar-refractivity contribution in [1.29, 1.82) is 0 Å². The van der Waals surface area contributed by atoms with Crippen molar-refractivity contribution >= 4 is 27.3 Å². The summed E-state index contributed by atoms with van der Waals surface area (Å²) in [5, 5.41) is 3.34. The first-order valence-corrected chi connectivity index (χ1v) is 7.82. The molecule has 0 aliphatic carbocycles. The third-order valence-electron chi connectivity index (χ3n) is 3.44. The third kappa shape index (κ3) is 3.77. The number of methoxy groups -OCH3 is 1. The monoisotopic (exact) mass is 348 g/mol. The molecule has 2 aromatic rings. The highest BCUT2D eigenvalue weighted by molar-refractivity contribution is 9.10. The van der Waals surface area contributed by atoms with Gasteiger partial charge in [-0.3, -0.25) is 0 Å². The summed E-state index contributed by atoms with van der Waals surface area (Å²) in [4.78, 5) is 2.13. The van der Waals surface area contributed by atoms with E-state index in [4.69, 9.17) is 4.74 Å². The van der Waals surface area contributed by atoms with Gasteiger partial charge in [0.2, 0.25) is 0 Å². The van der Waals surface area contributed by atoms with Crippen LogP contribution in [0.5, 0.6) is 5.75 Å². The minimum absolute atomic E-state index is 0.868. The largest absolute Gasteiger partial charge is 0.495 e. The zero-order valence-electron chi connectivity index (χ0n) is 12.7. The number of nitrogens with zero attached hydrogens (tertiary/aromatic N) is 1. The van der Waals surface area contributed by atoms with Gasteiger partial charge in [-0.25, -0.2) is 0 Å². The molecule has 0 aromatic heterocycles. The molecule has 1 N–H and O–H groups in total. The lowest BCUT2D eigenvalue weighted by molar-refractivity contribution is 0.415. The molecule has 0 unspecified atom stereocenters. The van der Waals surface area contributed by atoms with Crippen molar-refractivity contribution in [2.45, 2.75) is 13.5 Å². The maximum atomic E-state index is 5.43. The Morgan fingerprint density at radius 3 is 2.62 bits per heavy atom. The molecule has 0 heterocycles. The van der Waals surface area contributed by atoms with Crippen molar-refractivity contribution in [2.24, 2.45) is 0 Å². The fraction of sp³-hybridized carbons (Fsp3) is 0.294. The number of halogens is 1. The van der Waals surface area contributed by atoms with Gasteiger partial charge in [0.1, 0.15) is 5.75 Å². The first kappa shape index (κ1) is 15.9. The molecule has 0 spiro atoms. The molecule has 0 bridgehead atoms. The van der Waals surface area contributed by atoms with Crippen LogP contribution < -0.4 is 15.0 Å². The summed E-state index contributed by atoms with van der Waals surface area (Å²) in [5.74, 6) is 0.868. The van der Waals surface area contributed by atoms with E-state index in [1.54, 1.807) is 7.11 Å². The maximum Gasteiger partial charge on any atom is 0.142 e. The SMILES string of the molecule is CCNCc1ccc(N(C)c2ccccc2OC)cc1Br. The Morgan fingerprint density at radius 1 is 1.19 bits per heavy atom. The van der Waals surface area contributed by atoms with Crippen molar-refractivity contribution in [3.63, 3.8) is 0 Å². The van der Waals surface area contributed by atoms with Crippen LogP contribution in [0, 0.1) is 0 Å². The van der Waals surface area contributed by atoms with Gasteiger partial charge in [0.05, 0.1) is 12.8 Å². The third-order valence-corrected chi connectivity index (χ3v) is 4.17. The van der Waals surface area contributed by atoms with Crippen LogP contribution in [0.2, 0.25) is 0 Å². The molecule has 0 atom stereocenters. The van der Waals surface area contributed by atoms with Gasteiger partial charge in [-0.2, -0.15) is 0 Å². The summed E-state index contributed by atoms with van der Waals surface area (Å²) in [6.45, 7) is 3.95. The van der Waals surface area contributed by atoms with E-state index in [-0.39, 0.29) is 0 Å². The fourth-order valence-corrected chi connectivity index (χ4v) is 2.70. The number of nitrogens with one attached hydrogen (secondary N) is 1. The second kappa shape index (κ2) is 7.48. The molecule has 0 fully saturated rings. The van der Waals surface area contributed by atoms with Crippen LogP contribution >= 0.6 is 15.9 Å². The first-order chi connectivity index (χ1) is 10.2. The van der Waals surface area contributed by atoms with E-state index in [2.05, 4.69) is 57.3 Å². The Balaban J connectivity index is 2.27. The summed E-state index contributed by atoms with van der Waals surface area (Å²) >= 11 is 3.66. The van der Waals surface area contributed by atoms with Gasteiger partial charge in [-0.05, 0) is 36.4 Å².